The number of nitriles is 1. The molecule has 2 N–H and O–H groups in total. The molecule has 4 heteroatoms. The van der Waals surface area contributed by atoms with Gasteiger partial charge in [0.1, 0.15) is 11.9 Å². The van der Waals surface area contributed by atoms with Gasteiger partial charge < -0.3 is 5.73 Å². The number of nitrogens with two attached hydrogens (primary N) is 1. The number of nitrogens with zero attached hydrogens (tertiary/aromatic N) is 1. The summed E-state index contributed by atoms with van der Waals surface area (Å²) < 4.78 is 14.4. The van der Waals surface area contributed by atoms with Crippen LogP contribution in [0, 0.1) is 23.1 Å². The van der Waals surface area contributed by atoms with Crippen molar-refractivity contribution in [1.29, 1.82) is 5.26 Å². The summed E-state index contributed by atoms with van der Waals surface area (Å²) in [6.07, 6.45) is 1.05. The first-order chi connectivity index (χ1) is 9.36. The van der Waals surface area contributed by atoms with Crippen LogP contribution in [-0.2, 0) is 11.2 Å². The predicted octanol–water partition coefficient (Wildman–Crippen LogP) is 2.97. The Balaban J connectivity index is 2.68. The second-order valence-corrected chi connectivity index (χ2v) is 5.95. The molecule has 2 rings (SSSR count). The van der Waals surface area contributed by atoms with Crippen molar-refractivity contribution >= 4 is 5.91 Å². The zero-order valence-electron chi connectivity index (χ0n) is 12.0. The second-order valence-electron chi connectivity index (χ2n) is 5.95. The fourth-order valence-corrected chi connectivity index (χ4v) is 2.88. The number of carbonyl (C=O) groups excluding carboxylic acids is 1. The lowest BCUT2D eigenvalue weighted by molar-refractivity contribution is -0.117. The predicted molar refractivity (Wildman–Crippen MR) is 74.6 cm³/mol. The van der Waals surface area contributed by atoms with Crippen LogP contribution in [0.2, 0.25) is 0 Å². The first kappa shape index (κ1) is 14.5. The molecular weight excluding hydrogens is 255 g/mol. The molecular formula is C16H19FN2O. The number of halogens is 1. The summed E-state index contributed by atoms with van der Waals surface area (Å²) in [5, 5.41) is 9.11. The molecule has 1 fully saturated rings. The third-order valence-corrected chi connectivity index (χ3v) is 4.00. The van der Waals surface area contributed by atoms with Crippen molar-refractivity contribution in [3.63, 3.8) is 0 Å². The van der Waals surface area contributed by atoms with Gasteiger partial charge >= 0.3 is 0 Å². The Bertz CT molecular complexity index is 601. The molecule has 1 saturated carbocycles. The molecule has 0 saturated heterocycles. The van der Waals surface area contributed by atoms with E-state index in [2.05, 4.69) is 6.92 Å². The lowest BCUT2D eigenvalue weighted by Crippen LogP contribution is -2.18. The van der Waals surface area contributed by atoms with Crippen molar-refractivity contribution in [2.24, 2.45) is 11.7 Å². The molecule has 3 nitrogen and oxygen atoms in total. The molecule has 2 atom stereocenters. The third-order valence-electron chi connectivity index (χ3n) is 4.00. The number of hydrogen-bond donors (Lipinski definition) is 1. The van der Waals surface area contributed by atoms with Gasteiger partial charge in [-0.05, 0) is 46.9 Å². The van der Waals surface area contributed by atoms with Gasteiger partial charge in [-0.2, -0.15) is 5.26 Å². The minimum Gasteiger partial charge on any atom is -0.369 e. The number of primary amides is 1. The van der Waals surface area contributed by atoms with Crippen LogP contribution < -0.4 is 5.73 Å². The average Bonchev–Trinajstić information content (AvgIpc) is 3.05. The maximum Gasteiger partial charge on any atom is 0.221 e. The largest absolute Gasteiger partial charge is 0.369 e. The zero-order valence-corrected chi connectivity index (χ0v) is 12.0. The van der Waals surface area contributed by atoms with Gasteiger partial charge in [0.25, 0.3) is 0 Å². The van der Waals surface area contributed by atoms with E-state index < -0.39 is 11.7 Å². The molecule has 106 valence electrons. The first-order valence-corrected chi connectivity index (χ1v) is 6.90. The van der Waals surface area contributed by atoms with Crippen molar-refractivity contribution in [2.75, 3.05) is 0 Å². The molecule has 0 aliphatic heterocycles. The van der Waals surface area contributed by atoms with Crippen molar-refractivity contribution in [1.82, 2.24) is 0 Å². The minimum atomic E-state index is -0.504. The highest BCUT2D eigenvalue weighted by molar-refractivity contribution is 5.78. The number of amides is 1. The van der Waals surface area contributed by atoms with E-state index in [4.69, 9.17) is 11.0 Å². The van der Waals surface area contributed by atoms with Crippen LogP contribution in [0.5, 0.6) is 0 Å². The van der Waals surface area contributed by atoms with E-state index in [0.29, 0.717) is 23.0 Å². The Kier molecular flexibility index (Phi) is 3.80. The van der Waals surface area contributed by atoms with Crippen LogP contribution in [0.1, 0.15) is 61.3 Å². The van der Waals surface area contributed by atoms with Gasteiger partial charge in [-0.3, -0.25) is 4.79 Å². The van der Waals surface area contributed by atoms with Crippen LogP contribution in [0.3, 0.4) is 0 Å². The lowest BCUT2D eigenvalue weighted by Gasteiger charge is -2.18. The molecule has 1 aromatic carbocycles. The van der Waals surface area contributed by atoms with E-state index in [1.807, 2.05) is 19.9 Å². The van der Waals surface area contributed by atoms with Crippen molar-refractivity contribution in [3.8, 4) is 6.07 Å². The third kappa shape index (κ3) is 2.53. The fraction of sp³-hybridized carbons (Fsp3) is 0.500. The highest BCUT2D eigenvalue weighted by Gasteiger charge is 2.37. The van der Waals surface area contributed by atoms with E-state index in [-0.39, 0.29) is 17.9 Å². The highest BCUT2D eigenvalue weighted by Crippen LogP contribution is 2.49. The second kappa shape index (κ2) is 5.24. The summed E-state index contributed by atoms with van der Waals surface area (Å²) in [6.45, 7) is 5.84. The van der Waals surface area contributed by atoms with Crippen LogP contribution in [0.4, 0.5) is 4.39 Å². The van der Waals surface area contributed by atoms with Crippen molar-refractivity contribution in [2.45, 2.75) is 45.4 Å². The van der Waals surface area contributed by atoms with E-state index >= 15 is 0 Å². The lowest BCUT2D eigenvalue weighted by atomic mass is 9.86. The number of benzene rings is 1. The normalized spacial score (nSPS) is 20.8. The van der Waals surface area contributed by atoms with E-state index in [1.54, 1.807) is 6.07 Å². The highest BCUT2D eigenvalue weighted by atomic mass is 19.1. The molecule has 1 aliphatic rings. The van der Waals surface area contributed by atoms with Gasteiger partial charge in [0.2, 0.25) is 5.91 Å². The number of hydrogen-bond acceptors (Lipinski definition) is 2. The molecule has 0 radical (unpaired) electrons. The molecule has 0 heterocycles. The van der Waals surface area contributed by atoms with Gasteiger partial charge in [0.15, 0.2) is 0 Å². The zero-order chi connectivity index (χ0) is 15.0. The van der Waals surface area contributed by atoms with Crippen molar-refractivity contribution < 1.29 is 9.18 Å². The fourth-order valence-electron chi connectivity index (χ4n) is 2.88. The minimum absolute atomic E-state index is 0.0364. The standard InChI is InChI=1S/C16H19FN2O/c1-8(2)15-13(6-14(19)20)12(11-4-9(11)3)5-10(7-18)16(15)17/h5,8-9,11H,4,6H2,1-3H3,(H2,19,20). The maximum atomic E-state index is 14.4. The number of rotatable bonds is 4. The molecule has 2 unspecified atom stereocenters. The SMILES string of the molecule is CC(C)c1c(F)c(C#N)cc(C2CC2C)c1CC(N)=O. The molecule has 1 amide bonds. The monoisotopic (exact) mass is 274 g/mol. The number of carbonyl (C=O) groups is 1. The van der Waals surface area contributed by atoms with Gasteiger partial charge in [0.05, 0.1) is 12.0 Å². The summed E-state index contributed by atoms with van der Waals surface area (Å²) in [6, 6.07) is 3.52. The molecule has 0 spiro atoms. The van der Waals surface area contributed by atoms with Gasteiger partial charge in [0, 0.05) is 0 Å². The average molecular weight is 274 g/mol. The summed E-state index contributed by atoms with van der Waals surface area (Å²) in [5.41, 5.74) is 7.47. The summed E-state index contributed by atoms with van der Waals surface area (Å²) in [7, 11) is 0. The van der Waals surface area contributed by atoms with Gasteiger partial charge in [-0.15, -0.1) is 0 Å². The maximum absolute atomic E-state index is 14.4. The summed E-state index contributed by atoms with van der Waals surface area (Å²) in [4.78, 5) is 11.3. The summed E-state index contributed by atoms with van der Waals surface area (Å²) >= 11 is 0. The van der Waals surface area contributed by atoms with E-state index in [0.717, 1.165) is 12.0 Å². The first-order valence-electron chi connectivity index (χ1n) is 6.90. The molecule has 1 aromatic rings. The Morgan fingerprint density at radius 3 is 2.60 bits per heavy atom. The van der Waals surface area contributed by atoms with Crippen LogP contribution in [0.15, 0.2) is 6.07 Å². The Labute approximate surface area is 118 Å². The molecule has 20 heavy (non-hydrogen) atoms. The van der Waals surface area contributed by atoms with E-state index in [1.165, 1.54) is 0 Å². The smallest absolute Gasteiger partial charge is 0.221 e. The Morgan fingerprint density at radius 1 is 1.60 bits per heavy atom. The van der Waals surface area contributed by atoms with Crippen LogP contribution in [0.25, 0.3) is 0 Å². The molecule has 0 aromatic heterocycles. The Hall–Kier alpha value is -1.89. The van der Waals surface area contributed by atoms with Crippen LogP contribution >= 0.6 is 0 Å². The van der Waals surface area contributed by atoms with Gasteiger partial charge in [-0.25, -0.2) is 4.39 Å². The van der Waals surface area contributed by atoms with E-state index in [9.17, 15) is 9.18 Å². The molecule has 0 bridgehead atoms. The van der Waals surface area contributed by atoms with Gasteiger partial charge in [-0.1, -0.05) is 20.8 Å². The topological polar surface area (TPSA) is 66.9 Å². The Morgan fingerprint density at radius 2 is 2.20 bits per heavy atom. The quantitative estimate of drug-likeness (QED) is 0.917. The van der Waals surface area contributed by atoms with Crippen LogP contribution in [-0.4, -0.2) is 5.91 Å². The summed E-state index contributed by atoms with van der Waals surface area (Å²) in [5.74, 6) is -0.236. The van der Waals surface area contributed by atoms with Crippen molar-refractivity contribution in [3.05, 3.63) is 34.1 Å². The molecule has 1 aliphatic carbocycles.